The van der Waals surface area contributed by atoms with Gasteiger partial charge in [0.1, 0.15) is 23.7 Å². The van der Waals surface area contributed by atoms with Crippen LogP contribution in [0.2, 0.25) is 0 Å². The highest BCUT2D eigenvalue weighted by Crippen LogP contribution is 2.28. The number of phenols is 1. The molecular formula is C15H21NO4. The van der Waals surface area contributed by atoms with E-state index in [0.29, 0.717) is 18.4 Å². The van der Waals surface area contributed by atoms with Gasteiger partial charge in [0, 0.05) is 12.1 Å². The summed E-state index contributed by atoms with van der Waals surface area (Å²) in [6.45, 7) is 7.32. The summed E-state index contributed by atoms with van der Waals surface area (Å²) in [7, 11) is 0. The molecule has 1 aromatic carbocycles. The van der Waals surface area contributed by atoms with Gasteiger partial charge in [0.05, 0.1) is 0 Å². The first-order valence-electron chi connectivity index (χ1n) is 6.53. The summed E-state index contributed by atoms with van der Waals surface area (Å²) in [6, 6.07) is 5.59. The fraction of sp³-hybridized carbons (Fsp3) is 0.467. The van der Waals surface area contributed by atoms with Crippen molar-refractivity contribution in [2.45, 2.75) is 39.3 Å². The van der Waals surface area contributed by atoms with Crippen molar-refractivity contribution < 1.29 is 19.4 Å². The zero-order valence-electron chi connectivity index (χ0n) is 12.3. The van der Waals surface area contributed by atoms with Gasteiger partial charge in [0.2, 0.25) is 0 Å². The van der Waals surface area contributed by atoms with Crippen molar-refractivity contribution in [3.8, 4) is 5.75 Å². The van der Waals surface area contributed by atoms with Gasteiger partial charge in [-0.1, -0.05) is 18.2 Å². The number of phenolic OH excluding ortho intramolecular Hbond substituents is 1. The molecule has 0 spiro atoms. The Morgan fingerprint density at radius 2 is 2.00 bits per heavy atom. The number of para-hydroxylation sites is 1. The van der Waals surface area contributed by atoms with E-state index in [0.717, 1.165) is 0 Å². The van der Waals surface area contributed by atoms with Gasteiger partial charge in [0.25, 0.3) is 0 Å². The minimum atomic E-state index is -0.865. The highest BCUT2D eigenvalue weighted by atomic mass is 16.6. The van der Waals surface area contributed by atoms with E-state index in [-0.39, 0.29) is 5.75 Å². The van der Waals surface area contributed by atoms with Crippen LogP contribution in [0.5, 0.6) is 5.75 Å². The Balaban J connectivity index is 3.05. The van der Waals surface area contributed by atoms with Crippen molar-refractivity contribution >= 4 is 12.4 Å². The van der Waals surface area contributed by atoms with Crippen molar-refractivity contribution in [3.05, 3.63) is 29.8 Å². The summed E-state index contributed by atoms with van der Waals surface area (Å²) in [5.41, 5.74) is -0.258. The lowest BCUT2D eigenvalue weighted by molar-refractivity contribution is -0.112. The van der Waals surface area contributed by atoms with Crippen molar-refractivity contribution in [2.24, 2.45) is 0 Å². The summed E-state index contributed by atoms with van der Waals surface area (Å²) in [5.74, 6) is -0.0217. The van der Waals surface area contributed by atoms with Crippen LogP contribution < -0.4 is 0 Å². The molecule has 1 unspecified atom stereocenters. The number of rotatable bonds is 4. The van der Waals surface area contributed by atoms with Crippen LogP contribution in [0.1, 0.15) is 39.3 Å². The van der Waals surface area contributed by atoms with Crippen LogP contribution in [-0.4, -0.2) is 34.5 Å². The number of hydrogen-bond acceptors (Lipinski definition) is 4. The molecule has 0 aromatic heterocycles. The summed E-state index contributed by atoms with van der Waals surface area (Å²) < 4.78 is 5.28. The number of amides is 1. The van der Waals surface area contributed by atoms with E-state index < -0.39 is 17.7 Å². The minimum Gasteiger partial charge on any atom is -0.508 e. The largest absolute Gasteiger partial charge is 0.508 e. The Hall–Kier alpha value is -2.04. The molecule has 110 valence electrons. The first kappa shape index (κ1) is 16.0. The predicted octanol–water partition coefficient (Wildman–Crippen LogP) is 2.89. The average molecular weight is 279 g/mol. The minimum absolute atomic E-state index is 0.0217. The number of carbonyl (C=O) groups excluding carboxylic acids is 2. The van der Waals surface area contributed by atoms with Gasteiger partial charge in [0.15, 0.2) is 0 Å². The van der Waals surface area contributed by atoms with Crippen LogP contribution in [0.25, 0.3) is 0 Å². The number of likely N-dealkylation sites (N-methyl/N-ethyl adjacent to an activating group) is 1. The second-order valence-corrected chi connectivity index (χ2v) is 5.41. The van der Waals surface area contributed by atoms with Gasteiger partial charge < -0.3 is 14.6 Å². The fourth-order valence-corrected chi connectivity index (χ4v) is 1.81. The lowest BCUT2D eigenvalue weighted by Crippen LogP contribution is -2.39. The van der Waals surface area contributed by atoms with Crippen LogP contribution in [0, 0.1) is 0 Å². The number of nitrogens with zero attached hydrogens (tertiary/aromatic N) is 1. The van der Waals surface area contributed by atoms with Crippen LogP contribution in [0.15, 0.2) is 24.3 Å². The lowest BCUT2D eigenvalue weighted by atomic mass is 10.1. The van der Waals surface area contributed by atoms with Crippen molar-refractivity contribution in [1.82, 2.24) is 4.90 Å². The predicted molar refractivity (Wildman–Crippen MR) is 75.5 cm³/mol. The van der Waals surface area contributed by atoms with Crippen molar-refractivity contribution in [3.63, 3.8) is 0 Å². The van der Waals surface area contributed by atoms with E-state index in [1.165, 1.54) is 11.0 Å². The van der Waals surface area contributed by atoms with E-state index in [1.54, 1.807) is 45.9 Å². The van der Waals surface area contributed by atoms with Crippen molar-refractivity contribution in [2.75, 3.05) is 6.54 Å². The van der Waals surface area contributed by atoms with Gasteiger partial charge in [-0.05, 0) is 33.8 Å². The van der Waals surface area contributed by atoms with Gasteiger partial charge >= 0.3 is 6.09 Å². The highest BCUT2D eigenvalue weighted by Gasteiger charge is 2.29. The summed E-state index contributed by atoms with van der Waals surface area (Å²) >= 11 is 0. The van der Waals surface area contributed by atoms with Crippen LogP contribution >= 0.6 is 0 Å². The zero-order valence-corrected chi connectivity index (χ0v) is 12.3. The second-order valence-electron chi connectivity index (χ2n) is 5.41. The molecule has 0 aliphatic carbocycles. The van der Waals surface area contributed by atoms with Crippen molar-refractivity contribution in [1.29, 1.82) is 0 Å². The quantitative estimate of drug-likeness (QED) is 0.861. The van der Waals surface area contributed by atoms with Gasteiger partial charge in [-0.25, -0.2) is 4.79 Å². The third kappa shape index (κ3) is 3.98. The molecule has 0 aliphatic rings. The van der Waals surface area contributed by atoms with Gasteiger partial charge in [-0.15, -0.1) is 0 Å². The number of aldehydes is 1. The maximum absolute atomic E-state index is 12.1. The number of hydrogen-bond donors (Lipinski definition) is 1. The molecule has 0 fully saturated rings. The number of carbonyl (C=O) groups is 2. The van der Waals surface area contributed by atoms with E-state index in [9.17, 15) is 14.7 Å². The van der Waals surface area contributed by atoms with E-state index in [2.05, 4.69) is 0 Å². The molecule has 5 heteroatoms. The molecule has 20 heavy (non-hydrogen) atoms. The molecule has 0 heterocycles. The van der Waals surface area contributed by atoms with Crippen LogP contribution in [0.4, 0.5) is 4.79 Å². The standard InChI is InChI=1S/C15H21NO4/c1-5-16(14(19)20-15(2,3)4)12(10-17)11-8-6-7-9-13(11)18/h6-10,12,18H,5H2,1-4H3. The van der Waals surface area contributed by atoms with Crippen LogP contribution in [0.3, 0.4) is 0 Å². The lowest BCUT2D eigenvalue weighted by Gasteiger charge is -2.30. The first-order valence-corrected chi connectivity index (χ1v) is 6.53. The molecule has 1 rings (SSSR count). The molecule has 0 radical (unpaired) electrons. The topological polar surface area (TPSA) is 66.8 Å². The molecule has 1 amide bonds. The monoisotopic (exact) mass is 279 g/mol. The van der Waals surface area contributed by atoms with Crippen LogP contribution in [-0.2, 0) is 9.53 Å². The third-order valence-electron chi connectivity index (χ3n) is 2.69. The number of ether oxygens (including phenoxy) is 1. The molecular weight excluding hydrogens is 258 g/mol. The molecule has 0 saturated heterocycles. The van der Waals surface area contributed by atoms with Gasteiger partial charge in [-0.3, -0.25) is 4.90 Å². The Bertz CT molecular complexity index is 479. The smallest absolute Gasteiger partial charge is 0.411 e. The summed E-state index contributed by atoms with van der Waals surface area (Å²) in [4.78, 5) is 24.8. The third-order valence-corrected chi connectivity index (χ3v) is 2.69. The Morgan fingerprint density at radius 3 is 2.45 bits per heavy atom. The Labute approximate surface area is 119 Å². The van der Waals surface area contributed by atoms with E-state index in [1.807, 2.05) is 0 Å². The molecule has 5 nitrogen and oxygen atoms in total. The molecule has 0 aliphatic heterocycles. The second kappa shape index (κ2) is 6.41. The SMILES string of the molecule is CCN(C(=O)OC(C)(C)C)C(C=O)c1ccccc1O. The maximum Gasteiger partial charge on any atom is 0.411 e. The van der Waals surface area contributed by atoms with E-state index >= 15 is 0 Å². The number of aromatic hydroxyl groups is 1. The number of benzene rings is 1. The summed E-state index contributed by atoms with van der Waals surface area (Å²) in [5, 5.41) is 9.83. The average Bonchev–Trinajstić information content (AvgIpc) is 2.34. The Morgan fingerprint density at radius 1 is 1.40 bits per heavy atom. The van der Waals surface area contributed by atoms with Gasteiger partial charge in [-0.2, -0.15) is 0 Å². The molecule has 1 N–H and O–H groups in total. The Kier molecular flexibility index (Phi) is 5.13. The molecule has 0 saturated carbocycles. The first-order chi connectivity index (χ1) is 9.30. The normalized spacial score (nSPS) is 12.6. The molecule has 1 aromatic rings. The highest BCUT2D eigenvalue weighted by molar-refractivity contribution is 5.75. The maximum atomic E-state index is 12.1. The summed E-state index contributed by atoms with van der Waals surface area (Å²) in [6.07, 6.45) is 0.0444. The molecule has 0 bridgehead atoms. The molecule has 1 atom stereocenters. The van der Waals surface area contributed by atoms with E-state index in [4.69, 9.17) is 4.74 Å². The fourth-order valence-electron chi connectivity index (χ4n) is 1.81. The zero-order chi connectivity index (χ0) is 15.3.